The molecule has 1 aliphatic rings. The third-order valence-corrected chi connectivity index (χ3v) is 4.31. The number of nitrogens with one attached hydrogen (secondary N) is 2. The van der Waals surface area contributed by atoms with Gasteiger partial charge < -0.3 is 15.2 Å². The van der Waals surface area contributed by atoms with Crippen LogP contribution in [0.3, 0.4) is 0 Å². The van der Waals surface area contributed by atoms with Crippen LogP contribution in [-0.4, -0.2) is 36.2 Å². The van der Waals surface area contributed by atoms with Crippen molar-refractivity contribution in [2.45, 2.75) is 52.9 Å². The first kappa shape index (κ1) is 16.8. The van der Waals surface area contributed by atoms with Gasteiger partial charge in [0.2, 0.25) is 5.89 Å². The van der Waals surface area contributed by atoms with Gasteiger partial charge in [-0.2, -0.15) is 4.98 Å². The van der Waals surface area contributed by atoms with Crippen LogP contribution in [0.1, 0.15) is 51.2 Å². The molecule has 6 nitrogen and oxygen atoms in total. The zero-order valence-electron chi connectivity index (χ0n) is 14.3. The Morgan fingerprint density at radius 1 is 1.36 bits per heavy atom. The second-order valence-electron chi connectivity index (χ2n) is 6.79. The Balaban J connectivity index is 1.73. The molecule has 1 fully saturated rings. The Morgan fingerprint density at radius 3 is 2.64 bits per heavy atom. The lowest BCUT2D eigenvalue weighted by molar-refractivity contribution is 0.104. The first-order chi connectivity index (χ1) is 10.5. The van der Waals surface area contributed by atoms with Gasteiger partial charge in [0.25, 0.3) is 0 Å². The molecule has 1 heterocycles. The summed E-state index contributed by atoms with van der Waals surface area (Å²) < 4.78 is 5.10. The van der Waals surface area contributed by atoms with E-state index in [4.69, 9.17) is 4.52 Å². The molecule has 0 amide bonds. The number of hydrogen-bond donors (Lipinski definition) is 2. The smallest absolute Gasteiger partial charge is 0.228 e. The highest BCUT2D eigenvalue weighted by Crippen LogP contribution is 2.45. The van der Waals surface area contributed by atoms with Gasteiger partial charge in [-0.05, 0) is 37.5 Å². The van der Waals surface area contributed by atoms with Crippen molar-refractivity contribution in [2.75, 3.05) is 20.1 Å². The van der Waals surface area contributed by atoms with E-state index in [1.165, 1.54) is 25.7 Å². The molecule has 0 bridgehead atoms. The summed E-state index contributed by atoms with van der Waals surface area (Å²) in [6, 6.07) is 0. The van der Waals surface area contributed by atoms with E-state index >= 15 is 0 Å². The minimum atomic E-state index is 0.468. The Kier molecular flexibility index (Phi) is 5.80. The molecule has 6 heteroatoms. The minimum Gasteiger partial charge on any atom is -0.356 e. The fourth-order valence-electron chi connectivity index (χ4n) is 3.22. The zero-order valence-corrected chi connectivity index (χ0v) is 14.3. The van der Waals surface area contributed by atoms with Crippen LogP contribution in [0.15, 0.2) is 9.52 Å². The number of aromatic nitrogens is 2. The van der Waals surface area contributed by atoms with E-state index < -0.39 is 0 Å². The van der Waals surface area contributed by atoms with Gasteiger partial charge in [0.05, 0.1) is 0 Å². The van der Waals surface area contributed by atoms with Crippen molar-refractivity contribution in [3.05, 3.63) is 11.7 Å². The molecular weight excluding hydrogens is 278 g/mol. The Hall–Kier alpha value is -1.59. The van der Waals surface area contributed by atoms with Gasteiger partial charge in [0, 0.05) is 26.6 Å². The molecule has 22 heavy (non-hydrogen) atoms. The van der Waals surface area contributed by atoms with E-state index in [-0.39, 0.29) is 0 Å². The van der Waals surface area contributed by atoms with E-state index in [0.717, 1.165) is 25.0 Å². The quantitative estimate of drug-likeness (QED) is 0.597. The molecule has 0 radical (unpaired) electrons. The monoisotopic (exact) mass is 307 g/mol. The molecule has 0 spiro atoms. The summed E-state index contributed by atoms with van der Waals surface area (Å²) in [5.74, 6) is 2.94. The van der Waals surface area contributed by atoms with Crippen LogP contribution in [0.5, 0.6) is 0 Å². The summed E-state index contributed by atoms with van der Waals surface area (Å²) in [4.78, 5) is 8.49. The van der Waals surface area contributed by atoms with Crippen LogP contribution in [0, 0.1) is 18.3 Å². The predicted octanol–water partition coefficient (Wildman–Crippen LogP) is 2.30. The van der Waals surface area contributed by atoms with Gasteiger partial charge in [-0.3, -0.25) is 4.99 Å². The second kappa shape index (κ2) is 7.61. The number of hydrogen-bond acceptors (Lipinski definition) is 4. The van der Waals surface area contributed by atoms with E-state index in [2.05, 4.69) is 39.6 Å². The molecule has 0 aromatic carbocycles. The molecule has 0 aliphatic heterocycles. The van der Waals surface area contributed by atoms with Crippen LogP contribution in [0.25, 0.3) is 0 Å². The van der Waals surface area contributed by atoms with Gasteiger partial charge in [-0.15, -0.1) is 0 Å². The minimum absolute atomic E-state index is 0.468. The largest absolute Gasteiger partial charge is 0.356 e. The van der Waals surface area contributed by atoms with E-state index in [0.29, 0.717) is 23.6 Å². The molecule has 0 saturated heterocycles. The predicted molar refractivity (Wildman–Crippen MR) is 87.8 cm³/mol. The van der Waals surface area contributed by atoms with Crippen molar-refractivity contribution < 1.29 is 4.52 Å². The van der Waals surface area contributed by atoms with Gasteiger partial charge in [0.1, 0.15) is 0 Å². The summed E-state index contributed by atoms with van der Waals surface area (Å²) in [6.07, 6.45) is 6.01. The van der Waals surface area contributed by atoms with Gasteiger partial charge in [-0.25, -0.2) is 0 Å². The van der Waals surface area contributed by atoms with Gasteiger partial charge in [0.15, 0.2) is 11.8 Å². The first-order valence-electron chi connectivity index (χ1n) is 8.27. The third kappa shape index (κ3) is 4.71. The molecule has 1 aliphatic carbocycles. The maximum Gasteiger partial charge on any atom is 0.228 e. The van der Waals surface area contributed by atoms with Crippen LogP contribution < -0.4 is 10.6 Å². The summed E-state index contributed by atoms with van der Waals surface area (Å²) in [5.41, 5.74) is 0.468. The van der Waals surface area contributed by atoms with Crippen LogP contribution in [0.4, 0.5) is 0 Å². The van der Waals surface area contributed by atoms with Crippen molar-refractivity contribution >= 4 is 5.96 Å². The molecule has 1 aromatic heterocycles. The molecule has 124 valence electrons. The SMILES string of the molecule is CN=C(NCCc1nc(C)no1)NCC1(CC(C)C)CCC1. The highest BCUT2D eigenvalue weighted by molar-refractivity contribution is 5.79. The van der Waals surface area contributed by atoms with E-state index in [1.807, 2.05) is 14.0 Å². The standard InChI is InChI=1S/C16H29N5O/c1-12(2)10-16(7-5-8-16)11-19-15(17-4)18-9-6-14-20-13(3)21-22-14/h12H,5-11H2,1-4H3,(H2,17,18,19). The summed E-state index contributed by atoms with van der Waals surface area (Å²) in [5, 5.41) is 10.6. The molecule has 2 rings (SSSR count). The third-order valence-electron chi connectivity index (χ3n) is 4.31. The molecule has 0 atom stereocenters. The number of aliphatic imine (C=N–C) groups is 1. The fraction of sp³-hybridized carbons (Fsp3) is 0.812. The number of aryl methyl sites for hydroxylation is 1. The lowest BCUT2D eigenvalue weighted by Crippen LogP contribution is -2.47. The van der Waals surface area contributed by atoms with Crippen molar-refractivity contribution in [1.82, 2.24) is 20.8 Å². The number of guanidine groups is 1. The molecule has 1 saturated carbocycles. The van der Waals surface area contributed by atoms with Crippen molar-refractivity contribution in [3.8, 4) is 0 Å². The summed E-state index contributed by atoms with van der Waals surface area (Å²) in [7, 11) is 1.81. The van der Waals surface area contributed by atoms with Crippen LogP contribution in [0.2, 0.25) is 0 Å². The number of rotatable bonds is 7. The Labute approximate surface area is 133 Å². The first-order valence-corrected chi connectivity index (χ1v) is 8.27. The average Bonchev–Trinajstić information content (AvgIpc) is 2.84. The fourth-order valence-corrected chi connectivity index (χ4v) is 3.22. The lowest BCUT2D eigenvalue weighted by atomic mass is 9.64. The van der Waals surface area contributed by atoms with Crippen molar-refractivity contribution in [1.29, 1.82) is 0 Å². The highest BCUT2D eigenvalue weighted by atomic mass is 16.5. The topological polar surface area (TPSA) is 75.3 Å². The van der Waals surface area contributed by atoms with E-state index in [9.17, 15) is 0 Å². The maximum atomic E-state index is 5.10. The zero-order chi connectivity index (χ0) is 16.0. The average molecular weight is 307 g/mol. The second-order valence-corrected chi connectivity index (χ2v) is 6.79. The van der Waals surface area contributed by atoms with Crippen molar-refractivity contribution in [3.63, 3.8) is 0 Å². The lowest BCUT2D eigenvalue weighted by Gasteiger charge is -2.43. The summed E-state index contributed by atoms with van der Waals surface area (Å²) >= 11 is 0. The Morgan fingerprint density at radius 2 is 2.14 bits per heavy atom. The highest BCUT2D eigenvalue weighted by Gasteiger charge is 2.37. The molecule has 2 N–H and O–H groups in total. The maximum absolute atomic E-state index is 5.10. The normalized spacial score (nSPS) is 17.4. The van der Waals surface area contributed by atoms with Gasteiger partial charge in [-0.1, -0.05) is 25.4 Å². The van der Waals surface area contributed by atoms with E-state index in [1.54, 1.807) is 0 Å². The molecular formula is C16H29N5O. The van der Waals surface area contributed by atoms with Crippen LogP contribution in [-0.2, 0) is 6.42 Å². The number of nitrogens with zero attached hydrogens (tertiary/aromatic N) is 3. The Bertz CT molecular complexity index is 490. The van der Waals surface area contributed by atoms with Gasteiger partial charge >= 0.3 is 0 Å². The molecule has 0 unspecified atom stereocenters. The van der Waals surface area contributed by atoms with Crippen LogP contribution >= 0.6 is 0 Å². The molecule has 1 aromatic rings. The summed E-state index contributed by atoms with van der Waals surface area (Å²) in [6.45, 7) is 8.18. The van der Waals surface area contributed by atoms with Crippen molar-refractivity contribution in [2.24, 2.45) is 16.3 Å².